The lowest BCUT2D eigenvalue weighted by atomic mass is 9.98. The predicted octanol–water partition coefficient (Wildman–Crippen LogP) is 3.52. The summed E-state index contributed by atoms with van der Waals surface area (Å²) in [6, 6.07) is 16.8. The monoisotopic (exact) mass is 277 g/mol. The van der Waals surface area contributed by atoms with Crippen molar-refractivity contribution in [3.63, 3.8) is 0 Å². The molecule has 0 aliphatic carbocycles. The average molecular weight is 277 g/mol. The summed E-state index contributed by atoms with van der Waals surface area (Å²) in [5.41, 5.74) is 3.47. The van der Waals surface area contributed by atoms with Crippen molar-refractivity contribution in [3.05, 3.63) is 72.2 Å². The van der Waals surface area contributed by atoms with Gasteiger partial charge in [-0.25, -0.2) is 0 Å². The fraction of sp³-hybridized carbons (Fsp3) is 0.222. The molecule has 1 unspecified atom stereocenters. The summed E-state index contributed by atoms with van der Waals surface area (Å²) in [7, 11) is 2.00. The summed E-state index contributed by atoms with van der Waals surface area (Å²) in [6.07, 6.45) is 5.67. The first-order chi connectivity index (χ1) is 10.4. The van der Waals surface area contributed by atoms with Gasteiger partial charge in [-0.2, -0.15) is 0 Å². The van der Waals surface area contributed by atoms with E-state index in [0.717, 1.165) is 24.1 Å². The molecule has 3 rings (SSSR count). The molecular weight excluding hydrogens is 258 g/mol. The maximum absolute atomic E-state index is 4.55. The smallest absolute Gasteiger partial charge is 0.0749 e. The van der Waals surface area contributed by atoms with Gasteiger partial charge in [-0.1, -0.05) is 30.3 Å². The van der Waals surface area contributed by atoms with E-state index in [1.807, 2.05) is 37.6 Å². The van der Waals surface area contributed by atoms with Crippen LogP contribution in [0.4, 0.5) is 0 Å². The van der Waals surface area contributed by atoms with Gasteiger partial charge in [0.2, 0.25) is 0 Å². The Labute approximate surface area is 125 Å². The SMILES string of the molecule is CNC(CCc1ccccn1)c1cccc2cccnc12. The Morgan fingerprint density at radius 1 is 0.952 bits per heavy atom. The van der Waals surface area contributed by atoms with Gasteiger partial charge in [-0.05, 0) is 43.7 Å². The normalized spacial score (nSPS) is 12.4. The summed E-state index contributed by atoms with van der Waals surface area (Å²) in [6.45, 7) is 0. The van der Waals surface area contributed by atoms with Crippen LogP contribution in [0.25, 0.3) is 10.9 Å². The molecule has 3 nitrogen and oxygen atoms in total. The van der Waals surface area contributed by atoms with Crippen molar-refractivity contribution < 1.29 is 0 Å². The quantitative estimate of drug-likeness (QED) is 0.775. The Morgan fingerprint density at radius 2 is 1.81 bits per heavy atom. The largest absolute Gasteiger partial charge is 0.313 e. The molecule has 3 heteroatoms. The van der Waals surface area contributed by atoms with Crippen molar-refractivity contribution >= 4 is 10.9 Å². The minimum absolute atomic E-state index is 0.283. The van der Waals surface area contributed by atoms with Crippen LogP contribution in [0.1, 0.15) is 23.7 Å². The first-order valence-electron chi connectivity index (χ1n) is 7.29. The van der Waals surface area contributed by atoms with Gasteiger partial charge in [-0.15, -0.1) is 0 Å². The summed E-state index contributed by atoms with van der Waals surface area (Å²) < 4.78 is 0. The molecule has 3 aromatic rings. The molecule has 2 heterocycles. The molecule has 106 valence electrons. The number of benzene rings is 1. The van der Waals surface area contributed by atoms with E-state index >= 15 is 0 Å². The molecule has 0 amide bonds. The number of nitrogens with one attached hydrogen (secondary N) is 1. The van der Waals surface area contributed by atoms with Gasteiger partial charge in [0.1, 0.15) is 0 Å². The third kappa shape index (κ3) is 3.09. The van der Waals surface area contributed by atoms with Crippen molar-refractivity contribution in [2.45, 2.75) is 18.9 Å². The van der Waals surface area contributed by atoms with Crippen LogP contribution in [-0.2, 0) is 6.42 Å². The molecule has 0 radical (unpaired) electrons. The van der Waals surface area contributed by atoms with E-state index < -0.39 is 0 Å². The summed E-state index contributed by atoms with van der Waals surface area (Å²) in [5.74, 6) is 0. The van der Waals surface area contributed by atoms with Crippen molar-refractivity contribution in [1.82, 2.24) is 15.3 Å². The van der Waals surface area contributed by atoms with Gasteiger partial charge in [0.15, 0.2) is 0 Å². The number of aromatic nitrogens is 2. The highest BCUT2D eigenvalue weighted by atomic mass is 14.9. The molecule has 0 saturated carbocycles. The lowest BCUT2D eigenvalue weighted by Crippen LogP contribution is -2.18. The van der Waals surface area contributed by atoms with Crippen LogP contribution in [0.15, 0.2) is 60.9 Å². The lowest BCUT2D eigenvalue weighted by Gasteiger charge is -2.18. The van der Waals surface area contributed by atoms with Crippen molar-refractivity contribution in [2.24, 2.45) is 0 Å². The second-order valence-electron chi connectivity index (χ2n) is 5.12. The number of hydrogen-bond acceptors (Lipinski definition) is 3. The molecule has 0 saturated heterocycles. The van der Waals surface area contributed by atoms with Crippen LogP contribution in [0.2, 0.25) is 0 Å². The number of rotatable bonds is 5. The molecule has 1 N–H and O–H groups in total. The lowest BCUT2D eigenvalue weighted by molar-refractivity contribution is 0.548. The van der Waals surface area contributed by atoms with E-state index in [0.29, 0.717) is 0 Å². The summed E-state index contributed by atoms with van der Waals surface area (Å²) in [4.78, 5) is 8.95. The van der Waals surface area contributed by atoms with Crippen LogP contribution in [0.3, 0.4) is 0 Å². The van der Waals surface area contributed by atoms with Gasteiger partial charge in [0, 0.05) is 29.5 Å². The number of para-hydroxylation sites is 1. The number of pyridine rings is 2. The standard InChI is InChI=1S/C18H19N3/c1-19-17(11-10-15-8-2-3-12-20-15)16-9-4-6-14-7-5-13-21-18(14)16/h2-9,12-13,17,19H,10-11H2,1H3. The molecule has 0 spiro atoms. The highest BCUT2D eigenvalue weighted by Crippen LogP contribution is 2.25. The Balaban J connectivity index is 1.85. The Hall–Kier alpha value is -2.26. The maximum Gasteiger partial charge on any atom is 0.0749 e. The van der Waals surface area contributed by atoms with E-state index in [-0.39, 0.29) is 6.04 Å². The second kappa shape index (κ2) is 6.46. The van der Waals surface area contributed by atoms with E-state index in [2.05, 4.69) is 45.6 Å². The topological polar surface area (TPSA) is 37.8 Å². The van der Waals surface area contributed by atoms with Crippen LogP contribution in [0.5, 0.6) is 0 Å². The van der Waals surface area contributed by atoms with E-state index in [1.165, 1.54) is 10.9 Å². The fourth-order valence-corrected chi connectivity index (χ4v) is 2.70. The van der Waals surface area contributed by atoms with Crippen LogP contribution < -0.4 is 5.32 Å². The molecule has 1 atom stereocenters. The van der Waals surface area contributed by atoms with Gasteiger partial charge in [0.25, 0.3) is 0 Å². The molecule has 0 aliphatic rings. The van der Waals surface area contributed by atoms with Crippen molar-refractivity contribution in [3.8, 4) is 0 Å². The van der Waals surface area contributed by atoms with Gasteiger partial charge in [-0.3, -0.25) is 9.97 Å². The predicted molar refractivity (Wildman–Crippen MR) is 86.1 cm³/mol. The highest BCUT2D eigenvalue weighted by molar-refractivity contribution is 5.81. The van der Waals surface area contributed by atoms with Crippen molar-refractivity contribution in [1.29, 1.82) is 0 Å². The molecule has 0 fully saturated rings. The second-order valence-corrected chi connectivity index (χ2v) is 5.12. The number of hydrogen-bond donors (Lipinski definition) is 1. The van der Waals surface area contributed by atoms with Crippen LogP contribution in [-0.4, -0.2) is 17.0 Å². The Morgan fingerprint density at radius 3 is 2.62 bits per heavy atom. The first-order valence-corrected chi connectivity index (χ1v) is 7.29. The number of fused-ring (bicyclic) bond motifs is 1. The Kier molecular flexibility index (Phi) is 4.22. The van der Waals surface area contributed by atoms with E-state index in [1.54, 1.807) is 0 Å². The molecule has 1 aromatic carbocycles. The average Bonchev–Trinajstić information content (AvgIpc) is 2.56. The summed E-state index contributed by atoms with van der Waals surface area (Å²) >= 11 is 0. The molecular formula is C18H19N3. The van der Waals surface area contributed by atoms with Gasteiger partial charge >= 0.3 is 0 Å². The molecule has 2 aromatic heterocycles. The van der Waals surface area contributed by atoms with Crippen LogP contribution in [0, 0.1) is 0 Å². The minimum atomic E-state index is 0.283. The zero-order valence-electron chi connectivity index (χ0n) is 12.2. The third-order valence-corrected chi connectivity index (χ3v) is 3.80. The van der Waals surface area contributed by atoms with Crippen molar-refractivity contribution in [2.75, 3.05) is 7.05 Å². The van der Waals surface area contributed by atoms with E-state index in [4.69, 9.17) is 0 Å². The van der Waals surface area contributed by atoms with Crippen LogP contribution >= 0.6 is 0 Å². The minimum Gasteiger partial charge on any atom is -0.313 e. The Bertz CT molecular complexity index is 704. The molecule has 21 heavy (non-hydrogen) atoms. The fourth-order valence-electron chi connectivity index (χ4n) is 2.70. The highest BCUT2D eigenvalue weighted by Gasteiger charge is 2.13. The maximum atomic E-state index is 4.55. The zero-order valence-corrected chi connectivity index (χ0v) is 12.2. The molecule has 0 bridgehead atoms. The first kappa shape index (κ1) is 13.7. The zero-order chi connectivity index (χ0) is 14.5. The van der Waals surface area contributed by atoms with E-state index in [9.17, 15) is 0 Å². The summed E-state index contributed by atoms with van der Waals surface area (Å²) in [5, 5.41) is 4.60. The third-order valence-electron chi connectivity index (χ3n) is 3.80. The van der Waals surface area contributed by atoms with Gasteiger partial charge < -0.3 is 5.32 Å². The molecule has 0 aliphatic heterocycles. The number of aryl methyl sites for hydroxylation is 1. The van der Waals surface area contributed by atoms with Gasteiger partial charge in [0.05, 0.1) is 5.52 Å². The number of nitrogens with zero attached hydrogens (tertiary/aromatic N) is 2.